The number of benzene rings is 1. The molecule has 0 atom stereocenters. The summed E-state index contributed by atoms with van der Waals surface area (Å²) in [6.45, 7) is 3.19. The summed E-state index contributed by atoms with van der Waals surface area (Å²) in [5.74, 6) is 0.0335. The van der Waals surface area contributed by atoms with Crippen molar-refractivity contribution in [2.75, 3.05) is 9.80 Å². The largest absolute Gasteiger partial charge is 0.286 e. The second-order valence-electron chi connectivity index (χ2n) is 5.74. The van der Waals surface area contributed by atoms with Crippen LogP contribution in [0.2, 0.25) is 0 Å². The molecule has 1 aliphatic heterocycles. The molecule has 1 aromatic carbocycles. The molecular weight excluding hydrogens is 252 g/mol. The first-order valence-corrected chi connectivity index (χ1v) is 7.28. The number of anilines is 2. The van der Waals surface area contributed by atoms with Crippen LogP contribution in [-0.4, -0.2) is 17.5 Å². The molecule has 1 aliphatic carbocycles. The minimum absolute atomic E-state index is 0.0168. The van der Waals surface area contributed by atoms with Crippen molar-refractivity contribution in [1.29, 1.82) is 0 Å². The molecular formula is C16H20N2O2. The van der Waals surface area contributed by atoms with E-state index in [2.05, 4.69) is 0 Å². The average molecular weight is 272 g/mol. The number of carbonyl (C=O) groups is 2. The van der Waals surface area contributed by atoms with Crippen molar-refractivity contribution in [3.05, 3.63) is 24.3 Å². The lowest BCUT2D eigenvalue weighted by Crippen LogP contribution is -2.61. The minimum atomic E-state index is -0.473. The number of para-hydroxylation sites is 2. The van der Waals surface area contributed by atoms with Crippen molar-refractivity contribution in [2.45, 2.75) is 51.6 Å². The maximum absolute atomic E-state index is 12.2. The van der Waals surface area contributed by atoms with Crippen molar-refractivity contribution in [3.8, 4) is 0 Å². The van der Waals surface area contributed by atoms with E-state index in [1.807, 2.05) is 34.1 Å². The Kier molecular flexibility index (Phi) is 3.04. The van der Waals surface area contributed by atoms with Gasteiger partial charge in [-0.1, -0.05) is 18.6 Å². The Bertz CT molecular complexity index is 518. The van der Waals surface area contributed by atoms with Gasteiger partial charge in [-0.2, -0.15) is 0 Å². The summed E-state index contributed by atoms with van der Waals surface area (Å²) in [6, 6.07) is 7.73. The van der Waals surface area contributed by atoms with E-state index in [1.54, 1.807) is 13.8 Å². The zero-order chi connectivity index (χ0) is 14.3. The Morgan fingerprint density at radius 3 is 1.75 bits per heavy atom. The Hall–Kier alpha value is -1.84. The van der Waals surface area contributed by atoms with Gasteiger partial charge in [0, 0.05) is 13.8 Å². The van der Waals surface area contributed by atoms with E-state index in [0.29, 0.717) is 0 Å². The Labute approximate surface area is 119 Å². The van der Waals surface area contributed by atoms with Crippen LogP contribution in [0.15, 0.2) is 24.3 Å². The molecule has 0 radical (unpaired) electrons. The molecule has 0 aromatic heterocycles. The van der Waals surface area contributed by atoms with E-state index in [9.17, 15) is 9.59 Å². The van der Waals surface area contributed by atoms with Gasteiger partial charge in [0.25, 0.3) is 0 Å². The summed E-state index contributed by atoms with van der Waals surface area (Å²) in [7, 11) is 0. The van der Waals surface area contributed by atoms with Gasteiger partial charge in [-0.05, 0) is 37.8 Å². The molecule has 0 unspecified atom stereocenters. The van der Waals surface area contributed by atoms with E-state index in [1.165, 1.54) is 6.42 Å². The van der Waals surface area contributed by atoms with Gasteiger partial charge in [-0.15, -0.1) is 0 Å². The van der Waals surface area contributed by atoms with Gasteiger partial charge in [0.15, 0.2) is 0 Å². The molecule has 106 valence electrons. The summed E-state index contributed by atoms with van der Waals surface area (Å²) in [5.41, 5.74) is 1.27. The second-order valence-corrected chi connectivity index (χ2v) is 5.74. The molecule has 3 rings (SSSR count). The molecule has 0 saturated heterocycles. The third-order valence-corrected chi connectivity index (χ3v) is 4.48. The maximum Gasteiger partial charge on any atom is 0.225 e. The summed E-state index contributed by atoms with van der Waals surface area (Å²) in [6.07, 6.45) is 5.01. The van der Waals surface area contributed by atoms with E-state index in [0.717, 1.165) is 37.1 Å². The van der Waals surface area contributed by atoms with Crippen LogP contribution in [0.5, 0.6) is 0 Å². The summed E-state index contributed by atoms with van der Waals surface area (Å²) in [4.78, 5) is 28.2. The predicted molar refractivity (Wildman–Crippen MR) is 78.6 cm³/mol. The number of hydrogen-bond donors (Lipinski definition) is 0. The zero-order valence-electron chi connectivity index (χ0n) is 12.1. The highest BCUT2D eigenvalue weighted by atomic mass is 16.2. The Balaban J connectivity index is 2.20. The highest BCUT2D eigenvalue weighted by Gasteiger charge is 2.53. The first-order valence-electron chi connectivity index (χ1n) is 7.28. The summed E-state index contributed by atoms with van der Waals surface area (Å²) >= 11 is 0. The second kappa shape index (κ2) is 4.62. The highest BCUT2D eigenvalue weighted by molar-refractivity contribution is 6.08. The molecule has 4 heteroatoms. The molecule has 4 nitrogen and oxygen atoms in total. The molecule has 1 aromatic rings. The van der Waals surface area contributed by atoms with Gasteiger partial charge in [0.2, 0.25) is 11.8 Å². The van der Waals surface area contributed by atoms with Crippen LogP contribution in [0.1, 0.15) is 46.0 Å². The molecule has 2 aliphatic rings. The van der Waals surface area contributed by atoms with Gasteiger partial charge >= 0.3 is 0 Å². The standard InChI is InChI=1S/C16H20N2O2/c1-12(19)17-14-8-4-5-9-15(14)18(13(2)20)16(17)10-6-3-7-11-16/h4-5,8-9H,3,6-7,10-11H2,1-2H3. The number of hydrogen-bond acceptors (Lipinski definition) is 2. The van der Waals surface area contributed by atoms with Crippen LogP contribution in [0, 0.1) is 0 Å². The Morgan fingerprint density at radius 1 is 0.900 bits per heavy atom. The van der Waals surface area contributed by atoms with E-state index in [4.69, 9.17) is 0 Å². The van der Waals surface area contributed by atoms with E-state index in [-0.39, 0.29) is 11.8 Å². The molecule has 1 spiro atoms. The van der Waals surface area contributed by atoms with Gasteiger partial charge in [-0.3, -0.25) is 19.4 Å². The normalized spacial score (nSPS) is 20.1. The molecule has 0 bridgehead atoms. The first-order chi connectivity index (χ1) is 9.58. The van der Waals surface area contributed by atoms with Crippen molar-refractivity contribution in [1.82, 2.24) is 0 Å². The summed E-state index contributed by atoms with van der Waals surface area (Å²) in [5, 5.41) is 0. The molecule has 0 N–H and O–H groups in total. The van der Waals surface area contributed by atoms with Crippen molar-refractivity contribution in [3.63, 3.8) is 0 Å². The van der Waals surface area contributed by atoms with Gasteiger partial charge in [0.05, 0.1) is 11.4 Å². The smallest absolute Gasteiger partial charge is 0.225 e. The van der Waals surface area contributed by atoms with Crippen LogP contribution < -0.4 is 9.80 Å². The average Bonchev–Trinajstić information content (AvgIpc) is 2.68. The topological polar surface area (TPSA) is 40.6 Å². The number of rotatable bonds is 0. The molecule has 2 amide bonds. The van der Waals surface area contributed by atoms with Crippen LogP contribution in [0.4, 0.5) is 11.4 Å². The third-order valence-electron chi connectivity index (χ3n) is 4.48. The van der Waals surface area contributed by atoms with E-state index < -0.39 is 5.66 Å². The van der Waals surface area contributed by atoms with Crippen molar-refractivity contribution >= 4 is 23.2 Å². The predicted octanol–water partition coefficient (Wildman–Crippen LogP) is 3.07. The van der Waals surface area contributed by atoms with E-state index >= 15 is 0 Å². The molecule has 1 saturated carbocycles. The first kappa shape index (κ1) is 13.2. The Morgan fingerprint density at radius 2 is 1.35 bits per heavy atom. The number of fused-ring (bicyclic) bond motifs is 1. The van der Waals surface area contributed by atoms with Gasteiger partial charge in [0.1, 0.15) is 5.66 Å². The van der Waals surface area contributed by atoms with Crippen LogP contribution in [0.25, 0.3) is 0 Å². The highest BCUT2D eigenvalue weighted by Crippen LogP contribution is 2.51. The summed E-state index contributed by atoms with van der Waals surface area (Å²) < 4.78 is 0. The number of nitrogens with zero attached hydrogens (tertiary/aromatic N) is 2. The van der Waals surface area contributed by atoms with Crippen LogP contribution in [-0.2, 0) is 9.59 Å². The fourth-order valence-corrected chi connectivity index (χ4v) is 3.88. The lowest BCUT2D eigenvalue weighted by molar-refractivity contribution is -0.119. The maximum atomic E-state index is 12.2. The lowest BCUT2D eigenvalue weighted by Gasteiger charge is -2.45. The van der Waals surface area contributed by atoms with Crippen LogP contribution >= 0.6 is 0 Å². The van der Waals surface area contributed by atoms with Crippen LogP contribution in [0.3, 0.4) is 0 Å². The lowest BCUT2D eigenvalue weighted by atomic mass is 9.86. The minimum Gasteiger partial charge on any atom is -0.286 e. The SMILES string of the molecule is CC(=O)N1c2ccccc2N(C(C)=O)C12CCCCC2. The molecule has 1 heterocycles. The molecule has 20 heavy (non-hydrogen) atoms. The van der Waals surface area contributed by atoms with Gasteiger partial charge in [-0.25, -0.2) is 0 Å². The monoisotopic (exact) mass is 272 g/mol. The number of carbonyl (C=O) groups excluding carboxylic acids is 2. The fourth-order valence-electron chi connectivity index (χ4n) is 3.88. The third kappa shape index (κ3) is 1.67. The zero-order valence-corrected chi connectivity index (χ0v) is 12.1. The molecule has 1 fully saturated rings. The quantitative estimate of drug-likeness (QED) is 0.728. The van der Waals surface area contributed by atoms with Crippen molar-refractivity contribution < 1.29 is 9.59 Å². The number of amides is 2. The van der Waals surface area contributed by atoms with Crippen molar-refractivity contribution in [2.24, 2.45) is 0 Å². The van der Waals surface area contributed by atoms with Gasteiger partial charge < -0.3 is 0 Å². The fraction of sp³-hybridized carbons (Fsp3) is 0.500.